The predicted octanol–water partition coefficient (Wildman–Crippen LogP) is 5.47. The highest BCUT2D eigenvalue weighted by Crippen LogP contribution is 2.62. The van der Waals surface area contributed by atoms with Gasteiger partial charge in [-0.25, -0.2) is 4.79 Å². The van der Waals surface area contributed by atoms with Gasteiger partial charge in [-0.15, -0.1) is 6.58 Å². The van der Waals surface area contributed by atoms with Crippen LogP contribution in [0.2, 0.25) is 0 Å². The van der Waals surface area contributed by atoms with Crippen LogP contribution >= 0.6 is 0 Å². The number of ether oxygens (including phenoxy) is 4. The van der Waals surface area contributed by atoms with E-state index in [1.807, 2.05) is 19.9 Å². The number of nitrogens with one attached hydrogen (secondary N) is 1. The van der Waals surface area contributed by atoms with Gasteiger partial charge in [0.15, 0.2) is 0 Å². The fourth-order valence-electron chi connectivity index (χ4n) is 8.72. The smallest absolute Gasteiger partial charge is 0.412 e. The van der Waals surface area contributed by atoms with Crippen LogP contribution in [-0.2, 0) is 14.3 Å². The molecule has 0 radical (unpaired) electrons. The minimum atomic E-state index is -1.52. The number of nitriles is 1. The van der Waals surface area contributed by atoms with Crippen LogP contribution in [0, 0.1) is 29.1 Å². The van der Waals surface area contributed by atoms with E-state index in [4.69, 9.17) is 28.9 Å². The summed E-state index contributed by atoms with van der Waals surface area (Å²) in [7, 11) is 0. The topological polar surface area (TPSA) is 192 Å². The highest BCUT2D eigenvalue weighted by molar-refractivity contribution is 6.03. The molecule has 6 atom stereocenters. The van der Waals surface area contributed by atoms with Crippen molar-refractivity contribution in [2.75, 3.05) is 59.3 Å². The van der Waals surface area contributed by atoms with Gasteiger partial charge in [-0.1, -0.05) is 30.1 Å². The monoisotopic (exact) mass is 802 g/mol. The third kappa shape index (κ3) is 10.1. The molecule has 3 aliphatic rings. The molecule has 4 N–H and O–H groups in total. The van der Waals surface area contributed by atoms with Crippen molar-refractivity contribution in [3.8, 4) is 17.6 Å². The first kappa shape index (κ1) is 44.3. The minimum absolute atomic E-state index is 0.0177. The second-order valence-corrected chi connectivity index (χ2v) is 14.6. The second-order valence-electron chi connectivity index (χ2n) is 14.6. The number of rotatable bonds is 22. The zero-order chi connectivity index (χ0) is 41.5. The number of fused-ring (bicyclic) bond motifs is 2. The van der Waals surface area contributed by atoms with Gasteiger partial charge in [-0.3, -0.25) is 4.79 Å². The standard InChI is InChI=1S/C44H58N4O10/c1-4-23-55-44-39(48(19-24-54-25-22-51)42(52)31-15-13-30(29-45)14-16-31)28-37(47-56-6-3)35-26-32(11-7-9-20-49)34(12-8-10-21-50)40(41(35)44)36-27-33(17-18-38(36)58-44)57-43(53)46-5-2/h4,13-18,26-27,32,34,39-41,49-51H,1,5-12,19-25,28H2,2-3H3,(H,46,53). The lowest BCUT2D eigenvalue weighted by Gasteiger charge is -2.60. The van der Waals surface area contributed by atoms with Gasteiger partial charge in [0.1, 0.15) is 24.1 Å². The molecule has 6 unspecified atom stereocenters. The van der Waals surface area contributed by atoms with Gasteiger partial charge in [-0.2, -0.15) is 5.26 Å². The number of hydrogen-bond donors (Lipinski definition) is 4. The third-order valence-electron chi connectivity index (χ3n) is 11.1. The fraction of sp³-hybridized carbons (Fsp3) is 0.545. The van der Waals surface area contributed by atoms with E-state index in [2.05, 4.69) is 24.0 Å². The average molecular weight is 803 g/mol. The normalized spacial score (nSPS) is 23.7. The highest BCUT2D eigenvalue weighted by Gasteiger charge is 2.65. The lowest BCUT2D eigenvalue weighted by atomic mass is 9.55. The molecule has 1 heterocycles. The van der Waals surface area contributed by atoms with Crippen LogP contribution in [0.4, 0.5) is 4.79 Å². The zero-order valence-electron chi connectivity index (χ0n) is 33.6. The van der Waals surface area contributed by atoms with Crippen molar-refractivity contribution in [3.63, 3.8) is 0 Å². The Labute approximate surface area is 341 Å². The van der Waals surface area contributed by atoms with E-state index in [1.165, 1.54) is 0 Å². The minimum Gasteiger partial charge on any atom is -0.459 e. The van der Waals surface area contributed by atoms with E-state index < -0.39 is 23.8 Å². The number of nitrogens with zero attached hydrogens (tertiary/aromatic N) is 3. The summed E-state index contributed by atoms with van der Waals surface area (Å²) in [6.45, 7) is 8.61. The van der Waals surface area contributed by atoms with Crippen LogP contribution < -0.4 is 14.8 Å². The van der Waals surface area contributed by atoms with Gasteiger partial charge < -0.3 is 49.3 Å². The van der Waals surface area contributed by atoms with E-state index >= 15 is 0 Å². The van der Waals surface area contributed by atoms with Crippen LogP contribution in [-0.4, -0.2) is 109 Å². The maximum absolute atomic E-state index is 14.9. The number of amides is 2. The molecule has 1 aliphatic heterocycles. The SMILES string of the molecule is C=CCOC12Oc3ccc(OC(=O)NCC)cc3C3C(CCCCO)C(CCCCO)C=C(C(=NOCC)CC1N(CCOCCO)C(=O)c1ccc(C#N)cc1)C32. The van der Waals surface area contributed by atoms with Crippen molar-refractivity contribution in [3.05, 3.63) is 83.5 Å². The Morgan fingerprint density at radius 2 is 1.81 bits per heavy atom. The van der Waals surface area contributed by atoms with E-state index in [0.29, 0.717) is 54.3 Å². The van der Waals surface area contributed by atoms with Crippen LogP contribution in [0.1, 0.15) is 86.2 Å². The second kappa shape index (κ2) is 21.8. The molecule has 0 aromatic heterocycles. The molecule has 0 bridgehead atoms. The predicted molar refractivity (Wildman–Crippen MR) is 216 cm³/mol. The lowest BCUT2D eigenvalue weighted by molar-refractivity contribution is -0.254. The number of carbonyl (C=O) groups excluding carboxylic acids is 2. The molecule has 1 fully saturated rings. The van der Waals surface area contributed by atoms with Crippen molar-refractivity contribution in [2.24, 2.45) is 22.9 Å². The van der Waals surface area contributed by atoms with Crippen molar-refractivity contribution in [1.29, 1.82) is 5.26 Å². The molecular weight excluding hydrogens is 745 g/mol. The van der Waals surface area contributed by atoms with Crippen LogP contribution in [0.15, 0.2) is 71.9 Å². The number of oxime groups is 1. The highest BCUT2D eigenvalue weighted by atomic mass is 16.7. The Hall–Kier alpha value is -4.78. The van der Waals surface area contributed by atoms with Crippen LogP contribution in [0.3, 0.4) is 0 Å². The molecule has 14 heteroatoms. The first-order valence-corrected chi connectivity index (χ1v) is 20.5. The lowest BCUT2D eigenvalue weighted by Crippen LogP contribution is -2.70. The van der Waals surface area contributed by atoms with Gasteiger partial charge in [0.2, 0.25) is 5.79 Å². The van der Waals surface area contributed by atoms with Crippen molar-refractivity contribution in [2.45, 2.75) is 76.5 Å². The Balaban J connectivity index is 1.79. The number of carbonyl (C=O) groups is 2. The van der Waals surface area contributed by atoms with Crippen molar-refractivity contribution in [1.82, 2.24) is 10.2 Å². The van der Waals surface area contributed by atoms with Crippen LogP contribution in [0.5, 0.6) is 11.5 Å². The molecule has 14 nitrogen and oxygen atoms in total. The van der Waals surface area contributed by atoms with Crippen LogP contribution in [0.25, 0.3) is 0 Å². The molecule has 2 aromatic carbocycles. The first-order valence-electron chi connectivity index (χ1n) is 20.5. The largest absolute Gasteiger partial charge is 0.459 e. The first-order chi connectivity index (χ1) is 28.3. The van der Waals surface area contributed by atoms with E-state index in [0.717, 1.165) is 36.8 Å². The summed E-state index contributed by atoms with van der Waals surface area (Å²) in [6.07, 6.45) is 7.77. The molecule has 5 rings (SSSR count). The molecular formula is C44H58N4O10. The van der Waals surface area contributed by atoms with Gasteiger partial charge in [0.25, 0.3) is 5.91 Å². The zero-order valence-corrected chi connectivity index (χ0v) is 33.6. The number of benzene rings is 2. The summed E-state index contributed by atoms with van der Waals surface area (Å²) in [5, 5.41) is 46.1. The van der Waals surface area contributed by atoms with Gasteiger partial charge in [-0.05, 0) is 99.4 Å². The maximum Gasteiger partial charge on any atom is 0.412 e. The maximum atomic E-state index is 14.9. The van der Waals surface area contributed by atoms with E-state index in [9.17, 15) is 30.2 Å². The Morgan fingerprint density at radius 1 is 1.05 bits per heavy atom. The summed E-state index contributed by atoms with van der Waals surface area (Å²) in [5.41, 5.74) is 3.07. The van der Waals surface area contributed by atoms with E-state index in [-0.39, 0.29) is 76.3 Å². The fourth-order valence-corrected chi connectivity index (χ4v) is 8.72. The Bertz CT molecular complexity index is 1790. The number of aliphatic hydroxyl groups is 3. The quantitative estimate of drug-likeness (QED) is 0.0671. The molecule has 0 spiro atoms. The Morgan fingerprint density at radius 3 is 2.48 bits per heavy atom. The molecule has 314 valence electrons. The summed E-state index contributed by atoms with van der Waals surface area (Å²) < 4.78 is 25.7. The Kier molecular flexibility index (Phi) is 16.7. The molecule has 2 aliphatic carbocycles. The van der Waals surface area contributed by atoms with Gasteiger partial charge in [0.05, 0.1) is 49.7 Å². The van der Waals surface area contributed by atoms with Crippen molar-refractivity contribution < 1.29 is 48.7 Å². The number of aliphatic hydroxyl groups excluding tert-OH is 3. The number of unbranched alkanes of at least 4 members (excludes halogenated alkanes) is 2. The molecule has 0 saturated heterocycles. The average Bonchev–Trinajstić information content (AvgIpc) is 3.23. The number of allylic oxidation sites excluding steroid dienone is 1. The molecule has 58 heavy (non-hydrogen) atoms. The summed E-state index contributed by atoms with van der Waals surface area (Å²) in [6, 6.07) is 13.0. The summed E-state index contributed by atoms with van der Waals surface area (Å²) >= 11 is 0. The summed E-state index contributed by atoms with van der Waals surface area (Å²) in [4.78, 5) is 35.0. The van der Waals surface area contributed by atoms with Gasteiger partial charge in [0, 0.05) is 49.8 Å². The molecule has 2 amide bonds. The molecule has 1 saturated carbocycles. The molecule has 2 aromatic rings. The van der Waals surface area contributed by atoms with Gasteiger partial charge >= 0.3 is 6.09 Å². The van der Waals surface area contributed by atoms with E-state index in [1.54, 1.807) is 47.4 Å². The number of hydrogen-bond acceptors (Lipinski definition) is 12. The third-order valence-corrected chi connectivity index (χ3v) is 11.1. The van der Waals surface area contributed by atoms with Crippen molar-refractivity contribution >= 4 is 17.7 Å². The summed E-state index contributed by atoms with van der Waals surface area (Å²) in [5.74, 6) is -1.93.